The predicted molar refractivity (Wildman–Crippen MR) is 103 cm³/mol. The first-order valence-corrected chi connectivity index (χ1v) is 8.95. The van der Waals surface area contributed by atoms with Gasteiger partial charge in [-0.05, 0) is 50.1 Å². The smallest absolute Gasteiger partial charge is 0.0584 e. The minimum atomic E-state index is -0.0891. The molecule has 24 heavy (non-hydrogen) atoms. The second-order valence-electron chi connectivity index (χ2n) is 5.71. The van der Waals surface area contributed by atoms with Gasteiger partial charge in [-0.1, -0.05) is 37.1 Å². The molecule has 1 aliphatic heterocycles. The Hall–Kier alpha value is -1.55. The van der Waals surface area contributed by atoms with Crippen LogP contribution in [0.4, 0.5) is 0 Å². The van der Waals surface area contributed by atoms with E-state index < -0.39 is 0 Å². The first kappa shape index (κ1) is 18.8. The van der Waals surface area contributed by atoms with Crippen LogP contribution in [0.15, 0.2) is 36.4 Å². The number of H-pyrrole nitrogens is 1. The number of aliphatic hydroxyl groups excluding tert-OH is 1. The summed E-state index contributed by atoms with van der Waals surface area (Å²) in [5.74, 6) is 0. The Bertz CT molecular complexity index is 720. The van der Waals surface area contributed by atoms with Gasteiger partial charge in [0.25, 0.3) is 0 Å². The van der Waals surface area contributed by atoms with Crippen molar-refractivity contribution < 1.29 is 9.84 Å². The Kier molecular flexibility index (Phi) is 7.10. The molecule has 2 N–H and O–H groups in total. The number of aromatic amines is 1. The molecule has 4 rings (SSSR count). The van der Waals surface area contributed by atoms with Gasteiger partial charge in [0.2, 0.25) is 0 Å². The Morgan fingerprint density at radius 2 is 1.58 bits per heavy atom. The van der Waals surface area contributed by atoms with Crippen LogP contribution >= 0.6 is 11.6 Å². The Morgan fingerprint density at radius 1 is 1.00 bits per heavy atom. The van der Waals surface area contributed by atoms with Crippen molar-refractivity contribution in [2.75, 3.05) is 13.2 Å². The van der Waals surface area contributed by atoms with Crippen molar-refractivity contribution in [1.82, 2.24) is 4.98 Å². The highest BCUT2D eigenvalue weighted by atomic mass is 35.5. The first-order valence-electron chi connectivity index (χ1n) is 8.57. The molecule has 1 saturated heterocycles. The zero-order valence-electron chi connectivity index (χ0n) is 14.6. The zero-order chi connectivity index (χ0) is 17.5. The van der Waals surface area contributed by atoms with Gasteiger partial charge in [0.05, 0.1) is 6.10 Å². The zero-order valence-corrected chi connectivity index (χ0v) is 15.4. The lowest BCUT2D eigenvalue weighted by molar-refractivity contribution is 0.0140. The van der Waals surface area contributed by atoms with Gasteiger partial charge >= 0.3 is 0 Å². The fourth-order valence-electron chi connectivity index (χ4n) is 2.67. The van der Waals surface area contributed by atoms with E-state index in [1.165, 1.54) is 16.3 Å². The fraction of sp³-hybridized carbons (Fsp3) is 0.400. The molecule has 3 aromatic rings. The number of aromatic nitrogens is 1. The van der Waals surface area contributed by atoms with E-state index in [9.17, 15) is 0 Å². The van der Waals surface area contributed by atoms with Crippen LogP contribution in [-0.4, -0.2) is 29.4 Å². The molecular weight excluding hydrogens is 322 g/mol. The minimum Gasteiger partial charge on any atom is -0.393 e. The summed E-state index contributed by atoms with van der Waals surface area (Å²) in [4.78, 5) is 3.37. The second-order valence-corrected chi connectivity index (χ2v) is 6.14. The van der Waals surface area contributed by atoms with E-state index in [1.54, 1.807) is 0 Å². The van der Waals surface area contributed by atoms with E-state index in [1.807, 2.05) is 32.0 Å². The topological polar surface area (TPSA) is 45.2 Å². The molecule has 0 bridgehead atoms. The number of rotatable bonds is 0. The van der Waals surface area contributed by atoms with E-state index in [-0.39, 0.29) is 6.10 Å². The Morgan fingerprint density at radius 3 is 2.17 bits per heavy atom. The first-order chi connectivity index (χ1) is 11.6. The number of aryl methyl sites for hydroxylation is 1. The van der Waals surface area contributed by atoms with Crippen LogP contribution in [0.3, 0.4) is 0 Å². The average Bonchev–Trinajstić information content (AvgIpc) is 2.95. The standard InChI is InChI=1S/C13H10ClN.C5H10O2.C2H6/c1-8-2-4-12-10(6-8)11-7-9(14)3-5-13(11)15-12;6-5-1-3-7-4-2-5;1-2/h2-7,15H,1H3;5-6H,1-4H2;1-2H3. The highest BCUT2D eigenvalue weighted by Crippen LogP contribution is 2.28. The summed E-state index contributed by atoms with van der Waals surface area (Å²) in [5.41, 5.74) is 3.57. The van der Waals surface area contributed by atoms with E-state index in [0.717, 1.165) is 42.1 Å². The molecule has 4 heteroatoms. The number of nitrogens with one attached hydrogen (secondary N) is 1. The number of fused-ring (bicyclic) bond motifs is 3. The third-order valence-corrected chi connectivity index (χ3v) is 4.14. The van der Waals surface area contributed by atoms with Crippen molar-refractivity contribution in [2.45, 2.75) is 39.7 Å². The van der Waals surface area contributed by atoms with Crippen molar-refractivity contribution >= 4 is 33.4 Å². The largest absolute Gasteiger partial charge is 0.393 e. The van der Waals surface area contributed by atoms with Gasteiger partial charge in [0.15, 0.2) is 0 Å². The average molecular weight is 348 g/mol. The molecule has 0 spiro atoms. The molecule has 0 aliphatic carbocycles. The summed E-state index contributed by atoms with van der Waals surface area (Å²) in [5, 5.41) is 12.1. The van der Waals surface area contributed by atoms with Gasteiger partial charge in [-0.2, -0.15) is 0 Å². The lowest BCUT2D eigenvalue weighted by Gasteiger charge is -2.15. The fourth-order valence-corrected chi connectivity index (χ4v) is 2.84. The summed E-state index contributed by atoms with van der Waals surface area (Å²) in [6.07, 6.45) is 1.55. The number of aliphatic hydroxyl groups is 1. The molecular formula is C20H26ClNO2. The van der Waals surface area contributed by atoms with Crippen molar-refractivity contribution in [3.63, 3.8) is 0 Å². The van der Waals surface area contributed by atoms with Gasteiger partial charge in [0.1, 0.15) is 0 Å². The third kappa shape index (κ3) is 4.73. The Labute approximate surface area is 148 Å². The monoisotopic (exact) mass is 347 g/mol. The normalized spacial score (nSPS) is 14.7. The molecule has 2 heterocycles. The van der Waals surface area contributed by atoms with Crippen LogP contribution in [0, 0.1) is 6.92 Å². The van der Waals surface area contributed by atoms with Gasteiger partial charge in [-0.25, -0.2) is 0 Å². The van der Waals surface area contributed by atoms with E-state index >= 15 is 0 Å². The maximum Gasteiger partial charge on any atom is 0.0584 e. The molecule has 1 aromatic heterocycles. The number of ether oxygens (including phenoxy) is 1. The van der Waals surface area contributed by atoms with E-state index in [0.29, 0.717) is 0 Å². The van der Waals surface area contributed by atoms with Crippen molar-refractivity contribution in [3.05, 3.63) is 47.0 Å². The van der Waals surface area contributed by atoms with Crippen molar-refractivity contribution in [1.29, 1.82) is 0 Å². The van der Waals surface area contributed by atoms with Crippen LogP contribution in [0.25, 0.3) is 21.8 Å². The molecule has 0 saturated carbocycles. The second kappa shape index (κ2) is 9.07. The van der Waals surface area contributed by atoms with Gasteiger partial charge in [-0.3, -0.25) is 0 Å². The molecule has 2 aromatic carbocycles. The summed E-state index contributed by atoms with van der Waals surface area (Å²) in [6, 6.07) is 12.3. The molecule has 3 nitrogen and oxygen atoms in total. The van der Waals surface area contributed by atoms with Gasteiger partial charge < -0.3 is 14.8 Å². The third-order valence-electron chi connectivity index (χ3n) is 3.91. The maximum atomic E-state index is 8.83. The highest BCUT2D eigenvalue weighted by molar-refractivity contribution is 6.31. The summed E-state index contributed by atoms with van der Waals surface area (Å²) in [6.45, 7) is 7.57. The van der Waals surface area contributed by atoms with E-state index in [2.05, 4.69) is 30.1 Å². The number of halogens is 1. The maximum absolute atomic E-state index is 8.83. The summed E-state index contributed by atoms with van der Waals surface area (Å²) < 4.78 is 4.98. The SMILES string of the molecule is CC.Cc1ccc2[nH]c3ccc(Cl)cc3c2c1.OC1CCOCC1. The molecule has 1 fully saturated rings. The van der Waals surface area contributed by atoms with Crippen LogP contribution < -0.4 is 0 Å². The minimum absolute atomic E-state index is 0.0891. The lowest BCUT2D eigenvalue weighted by Crippen LogP contribution is -2.19. The van der Waals surface area contributed by atoms with Crippen molar-refractivity contribution in [2.24, 2.45) is 0 Å². The van der Waals surface area contributed by atoms with Crippen LogP contribution in [0.2, 0.25) is 5.02 Å². The van der Waals surface area contributed by atoms with E-state index in [4.69, 9.17) is 21.4 Å². The molecule has 0 atom stereocenters. The van der Waals surface area contributed by atoms with Crippen LogP contribution in [0.1, 0.15) is 32.3 Å². The molecule has 130 valence electrons. The molecule has 1 aliphatic rings. The highest BCUT2D eigenvalue weighted by Gasteiger charge is 2.08. The van der Waals surface area contributed by atoms with Gasteiger partial charge in [0, 0.05) is 40.0 Å². The number of hydrogen-bond donors (Lipinski definition) is 2. The number of hydrogen-bond acceptors (Lipinski definition) is 2. The summed E-state index contributed by atoms with van der Waals surface area (Å²) >= 11 is 6.00. The number of benzene rings is 2. The predicted octanol–water partition coefficient (Wildman–Crippen LogP) is 5.47. The molecule has 0 unspecified atom stereocenters. The van der Waals surface area contributed by atoms with Crippen LogP contribution in [-0.2, 0) is 4.74 Å². The quantitative estimate of drug-likeness (QED) is 0.566. The Balaban J connectivity index is 0.000000196. The van der Waals surface area contributed by atoms with Crippen molar-refractivity contribution in [3.8, 4) is 0 Å². The summed E-state index contributed by atoms with van der Waals surface area (Å²) in [7, 11) is 0. The van der Waals surface area contributed by atoms with Crippen LogP contribution in [0.5, 0.6) is 0 Å². The lowest BCUT2D eigenvalue weighted by atomic mass is 10.1. The molecule has 0 radical (unpaired) electrons. The molecule has 0 amide bonds. The van der Waals surface area contributed by atoms with Gasteiger partial charge in [-0.15, -0.1) is 0 Å².